The Morgan fingerprint density at radius 3 is 2.46 bits per heavy atom. The molecule has 1 fully saturated rings. The zero-order chi connectivity index (χ0) is 18.7. The average molecular weight is 375 g/mol. The van der Waals surface area contributed by atoms with Crippen molar-refractivity contribution in [2.45, 2.75) is 12.5 Å². The van der Waals surface area contributed by atoms with Crippen molar-refractivity contribution < 1.29 is 19.1 Å². The van der Waals surface area contributed by atoms with Crippen LogP contribution in [0.2, 0.25) is 5.02 Å². The van der Waals surface area contributed by atoms with E-state index in [4.69, 9.17) is 21.1 Å². The number of benzene rings is 2. The van der Waals surface area contributed by atoms with Crippen LogP contribution in [0.4, 0.5) is 5.69 Å². The normalized spacial score (nSPS) is 16.5. The molecule has 0 bridgehead atoms. The molecule has 0 unspecified atom stereocenters. The summed E-state index contributed by atoms with van der Waals surface area (Å²) in [5.41, 5.74) is 1.21. The third-order valence-electron chi connectivity index (χ3n) is 4.24. The van der Waals surface area contributed by atoms with E-state index in [2.05, 4.69) is 5.32 Å². The fourth-order valence-electron chi connectivity index (χ4n) is 2.92. The van der Waals surface area contributed by atoms with E-state index in [-0.39, 0.29) is 24.3 Å². The highest BCUT2D eigenvalue weighted by Crippen LogP contribution is 2.28. The number of nitrogens with one attached hydrogen (secondary N) is 1. The molecule has 0 aromatic heterocycles. The number of halogens is 1. The highest BCUT2D eigenvalue weighted by atomic mass is 35.5. The van der Waals surface area contributed by atoms with Crippen LogP contribution in [-0.4, -0.2) is 38.6 Å². The molecule has 1 saturated heterocycles. The molecule has 2 aromatic carbocycles. The molecular weight excluding hydrogens is 356 g/mol. The molecule has 0 aliphatic carbocycles. The number of hydrogen-bond donors (Lipinski definition) is 1. The second-order valence-electron chi connectivity index (χ2n) is 5.93. The summed E-state index contributed by atoms with van der Waals surface area (Å²) in [6.45, 7) is 0.416. The second-order valence-corrected chi connectivity index (χ2v) is 6.36. The number of carbonyl (C=O) groups excluding carboxylic acids is 2. The van der Waals surface area contributed by atoms with E-state index >= 15 is 0 Å². The molecule has 0 saturated carbocycles. The van der Waals surface area contributed by atoms with E-state index in [1.54, 1.807) is 47.4 Å². The molecular formula is C19H19ClN2O4. The summed E-state index contributed by atoms with van der Waals surface area (Å²) in [4.78, 5) is 26.4. The molecule has 2 amide bonds. The van der Waals surface area contributed by atoms with Crippen LogP contribution >= 0.6 is 11.6 Å². The van der Waals surface area contributed by atoms with Crippen LogP contribution in [-0.2, 0) is 4.79 Å². The van der Waals surface area contributed by atoms with Crippen molar-refractivity contribution in [2.24, 2.45) is 0 Å². The van der Waals surface area contributed by atoms with E-state index in [1.807, 2.05) is 0 Å². The predicted molar refractivity (Wildman–Crippen MR) is 99.2 cm³/mol. The Labute approximate surface area is 156 Å². The third kappa shape index (κ3) is 3.75. The van der Waals surface area contributed by atoms with Gasteiger partial charge in [-0.2, -0.15) is 0 Å². The largest absolute Gasteiger partial charge is 0.493 e. The Balaban J connectivity index is 1.69. The number of ether oxygens (including phenoxy) is 2. The Bertz CT molecular complexity index is 823. The summed E-state index contributed by atoms with van der Waals surface area (Å²) in [5, 5.41) is 3.51. The van der Waals surface area contributed by atoms with Crippen molar-refractivity contribution in [1.29, 1.82) is 0 Å². The van der Waals surface area contributed by atoms with Gasteiger partial charge >= 0.3 is 0 Å². The molecule has 2 aromatic rings. The first-order chi connectivity index (χ1) is 12.5. The number of rotatable bonds is 5. The zero-order valence-electron chi connectivity index (χ0n) is 14.5. The molecule has 1 atom stereocenters. The fourth-order valence-corrected chi connectivity index (χ4v) is 3.05. The lowest BCUT2D eigenvalue weighted by Crippen LogP contribution is -2.37. The minimum atomic E-state index is -0.265. The second kappa shape index (κ2) is 7.66. The van der Waals surface area contributed by atoms with Crippen molar-refractivity contribution in [2.75, 3.05) is 25.7 Å². The Morgan fingerprint density at radius 1 is 1.12 bits per heavy atom. The number of hydrogen-bond acceptors (Lipinski definition) is 4. The van der Waals surface area contributed by atoms with E-state index in [0.717, 1.165) is 5.69 Å². The molecule has 26 heavy (non-hydrogen) atoms. The van der Waals surface area contributed by atoms with Crippen LogP contribution < -0.4 is 19.7 Å². The molecule has 0 spiro atoms. The van der Waals surface area contributed by atoms with Crippen molar-refractivity contribution >= 4 is 29.1 Å². The molecule has 1 aliphatic rings. The van der Waals surface area contributed by atoms with Gasteiger partial charge in [0.2, 0.25) is 5.91 Å². The smallest absolute Gasteiger partial charge is 0.251 e. The van der Waals surface area contributed by atoms with Crippen LogP contribution in [0.1, 0.15) is 16.8 Å². The van der Waals surface area contributed by atoms with E-state index < -0.39 is 0 Å². The molecule has 1 N–H and O–H groups in total. The standard InChI is InChI=1S/C19H19ClN2O4/c1-25-16-8-3-12(9-17(16)26-2)19(24)21-14-10-18(23)22(11-14)15-6-4-13(20)5-7-15/h3-9,14H,10-11H2,1-2H3,(H,21,24)/t14-/m0/s1. The fraction of sp³-hybridized carbons (Fsp3) is 0.263. The van der Waals surface area contributed by atoms with Gasteiger partial charge in [0.15, 0.2) is 11.5 Å². The Morgan fingerprint density at radius 2 is 1.81 bits per heavy atom. The van der Waals surface area contributed by atoms with Crippen molar-refractivity contribution in [3.05, 3.63) is 53.1 Å². The van der Waals surface area contributed by atoms with Gasteiger partial charge in [0.25, 0.3) is 5.91 Å². The van der Waals surface area contributed by atoms with Crippen LogP contribution in [0.15, 0.2) is 42.5 Å². The van der Waals surface area contributed by atoms with E-state index in [1.165, 1.54) is 14.2 Å². The summed E-state index contributed by atoms with van der Waals surface area (Å²) in [6.07, 6.45) is 0.252. The number of amides is 2. The van der Waals surface area contributed by atoms with E-state index in [0.29, 0.717) is 28.6 Å². The number of nitrogens with zero attached hydrogens (tertiary/aromatic N) is 1. The molecule has 1 aliphatic heterocycles. The third-order valence-corrected chi connectivity index (χ3v) is 4.50. The number of methoxy groups -OCH3 is 2. The van der Waals surface area contributed by atoms with Gasteiger partial charge in [-0.15, -0.1) is 0 Å². The van der Waals surface area contributed by atoms with E-state index in [9.17, 15) is 9.59 Å². The number of anilines is 1. The lowest BCUT2D eigenvalue weighted by molar-refractivity contribution is -0.117. The molecule has 7 heteroatoms. The summed E-state index contributed by atoms with van der Waals surface area (Å²) in [7, 11) is 3.05. The Hall–Kier alpha value is -2.73. The average Bonchev–Trinajstić information content (AvgIpc) is 3.01. The Kier molecular flexibility index (Phi) is 5.32. The molecule has 0 radical (unpaired) electrons. The van der Waals surface area contributed by atoms with Crippen LogP contribution in [0.25, 0.3) is 0 Å². The minimum Gasteiger partial charge on any atom is -0.493 e. The predicted octanol–water partition coefficient (Wildman–Crippen LogP) is 2.89. The topological polar surface area (TPSA) is 67.9 Å². The summed E-state index contributed by atoms with van der Waals surface area (Å²) in [6, 6.07) is 11.7. The van der Waals surface area contributed by atoms with Crippen molar-refractivity contribution in [3.8, 4) is 11.5 Å². The van der Waals surface area contributed by atoms with Gasteiger partial charge in [-0.1, -0.05) is 11.6 Å². The van der Waals surface area contributed by atoms with Gasteiger partial charge in [0.05, 0.1) is 20.3 Å². The summed E-state index contributed by atoms with van der Waals surface area (Å²) in [5.74, 6) is 0.728. The maximum Gasteiger partial charge on any atom is 0.251 e. The van der Waals surface area contributed by atoms with Gasteiger partial charge < -0.3 is 19.7 Å². The first kappa shape index (κ1) is 18.1. The highest BCUT2D eigenvalue weighted by Gasteiger charge is 2.31. The molecule has 136 valence electrons. The molecule has 6 nitrogen and oxygen atoms in total. The van der Waals surface area contributed by atoms with Gasteiger partial charge in [-0.3, -0.25) is 9.59 Å². The quantitative estimate of drug-likeness (QED) is 0.873. The van der Waals surface area contributed by atoms with Crippen LogP contribution in [0.3, 0.4) is 0 Å². The van der Waals surface area contributed by atoms with Crippen LogP contribution in [0, 0.1) is 0 Å². The first-order valence-electron chi connectivity index (χ1n) is 8.10. The number of carbonyl (C=O) groups is 2. The monoisotopic (exact) mass is 374 g/mol. The SMILES string of the molecule is COc1ccc(C(=O)N[C@H]2CC(=O)N(c3ccc(Cl)cc3)C2)cc1OC. The molecule has 1 heterocycles. The van der Waals surface area contributed by atoms with Gasteiger partial charge in [-0.25, -0.2) is 0 Å². The minimum absolute atomic E-state index is 0.0371. The van der Waals surface area contributed by atoms with Gasteiger partial charge in [0.1, 0.15) is 0 Å². The zero-order valence-corrected chi connectivity index (χ0v) is 15.2. The lowest BCUT2D eigenvalue weighted by atomic mass is 10.1. The van der Waals surface area contributed by atoms with Gasteiger partial charge in [0, 0.05) is 29.2 Å². The lowest BCUT2D eigenvalue weighted by Gasteiger charge is -2.17. The molecule has 3 rings (SSSR count). The van der Waals surface area contributed by atoms with Crippen LogP contribution in [0.5, 0.6) is 11.5 Å². The first-order valence-corrected chi connectivity index (χ1v) is 8.48. The van der Waals surface area contributed by atoms with Gasteiger partial charge in [-0.05, 0) is 42.5 Å². The highest BCUT2D eigenvalue weighted by molar-refractivity contribution is 6.30. The van der Waals surface area contributed by atoms with Crippen molar-refractivity contribution in [3.63, 3.8) is 0 Å². The summed E-state index contributed by atoms with van der Waals surface area (Å²) >= 11 is 5.89. The summed E-state index contributed by atoms with van der Waals surface area (Å²) < 4.78 is 10.4. The van der Waals surface area contributed by atoms with Crippen molar-refractivity contribution in [1.82, 2.24) is 5.32 Å². The maximum atomic E-state index is 12.5. The maximum absolute atomic E-state index is 12.5.